The van der Waals surface area contributed by atoms with E-state index in [1.807, 2.05) is 55.1 Å². The minimum atomic E-state index is -0.303. The van der Waals surface area contributed by atoms with Crippen LogP contribution in [0.4, 0.5) is 0 Å². The first-order valence-electron chi connectivity index (χ1n) is 7.85. The molecule has 0 aliphatic heterocycles. The molecule has 1 aromatic carbocycles. The Labute approximate surface area is 152 Å². The summed E-state index contributed by atoms with van der Waals surface area (Å²) < 4.78 is 6.00. The smallest absolute Gasteiger partial charge is 0.300 e. The Bertz CT molecular complexity index is 980. The molecule has 3 rings (SSSR count). The van der Waals surface area contributed by atoms with Gasteiger partial charge >= 0.3 is 0 Å². The molecule has 1 amide bonds. The van der Waals surface area contributed by atoms with Crippen molar-refractivity contribution in [1.82, 2.24) is 14.3 Å². The number of fused-ring (bicyclic) bond motifs is 1. The summed E-state index contributed by atoms with van der Waals surface area (Å²) in [5, 5.41) is 4.39. The first kappa shape index (κ1) is 17.1. The minimum absolute atomic E-state index is 0.215. The molecular weight excluding hydrogens is 388 g/mol. The van der Waals surface area contributed by atoms with Crippen LogP contribution in [-0.4, -0.2) is 20.3 Å². The molecule has 3 aromatic rings. The Morgan fingerprint density at radius 3 is 2.79 bits per heavy atom. The number of nitrogens with zero attached hydrogens (tertiary/aromatic N) is 4. The number of carbonyl (C=O) groups excluding carboxylic acids is 1. The van der Waals surface area contributed by atoms with Gasteiger partial charge in [-0.15, -0.1) is 0 Å². The highest BCUT2D eigenvalue weighted by atomic mass is 79.9. The normalized spacial score (nSPS) is 12.5. The number of carbonyl (C=O) groups is 1. The van der Waals surface area contributed by atoms with Gasteiger partial charge in [0.2, 0.25) is 0 Å². The molecule has 0 unspecified atom stereocenters. The van der Waals surface area contributed by atoms with Crippen LogP contribution in [0.1, 0.15) is 43.0 Å². The van der Waals surface area contributed by atoms with Gasteiger partial charge in [0.25, 0.3) is 5.91 Å². The monoisotopic (exact) mass is 406 g/mol. The summed E-state index contributed by atoms with van der Waals surface area (Å²) in [5.41, 5.74) is 2.42. The van der Waals surface area contributed by atoms with Crippen LogP contribution in [0.5, 0.6) is 0 Å². The second-order valence-electron chi connectivity index (χ2n) is 5.84. The number of benzene rings is 1. The van der Waals surface area contributed by atoms with Crippen LogP contribution in [0.25, 0.3) is 10.2 Å². The predicted molar refractivity (Wildman–Crippen MR) is 100 cm³/mol. The van der Waals surface area contributed by atoms with Crippen LogP contribution >= 0.6 is 27.3 Å². The first-order valence-corrected chi connectivity index (χ1v) is 9.46. The van der Waals surface area contributed by atoms with Crippen molar-refractivity contribution in [2.45, 2.75) is 40.3 Å². The number of aromatic nitrogens is 3. The SMILES string of the molecule is CCn1c(=NC(=O)c2cc(C)n(C(C)C)n2)sc2cccc(Br)c21. The van der Waals surface area contributed by atoms with Gasteiger partial charge in [0.15, 0.2) is 10.5 Å². The van der Waals surface area contributed by atoms with Gasteiger partial charge in [-0.05, 0) is 61.8 Å². The zero-order valence-corrected chi connectivity index (χ0v) is 16.5. The van der Waals surface area contributed by atoms with E-state index in [1.165, 1.54) is 11.3 Å². The standard InChI is InChI=1S/C17H19BrN4OS/c1-5-21-15-12(18)7-6-8-14(15)24-17(21)19-16(23)13-9-11(4)22(20-13)10(2)3/h6-10H,5H2,1-4H3. The van der Waals surface area contributed by atoms with Crippen LogP contribution in [-0.2, 0) is 6.54 Å². The fraction of sp³-hybridized carbons (Fsp3) is 0.353. The van der Waals surface area contributed by atoms with E-state index >= 15 is 0 Å². The highest BCUT2D eigenvalue weighted by molar-refractivity contribution is 9.10. The Balaban J connectivity index is 2.11. The second-order valence-corrected chi connectivity index (χ2v) is 7.71. The van der Waals surface area contributed by atoms with Crippen LogP contribution in [0, 0.1) is 6.92 Å². The zero-order chi connectivity index (χ0) is 17.4. The average Bonchev–Trinajstić information content (AvgIpc) is 3.08. The van der Waals surface area contributed by atoms with E-state index in [0.717, 1.165) is 26.9 Å². The van der Waals surface area contributed by atoms with Gasteiger partial charge in [-0.3, -0.25) is 9.48 Å². The lowest BCUT2D eigenvalue weighted by molar-refractivity contribution is 0.0992. The van der Waals surface area contributed by atoms with E-state index in [2.05, 4.69) is 26.0 Å². The predicted octanol–water partition coefficient (Wildman–Crippen LogP) is 4.31. The molecule has 0 aliphatic rings. The third-order valence-corrected chi connectivity index (χ3v) is 5.48. The molecule has 0 saturated heterocycles. The summed E-state index contributed by atoms with van der Waals surface area (Å²) >= 11 is 5.10. The number of hydrogen-bond donors (Lipinski definition) is 0. The van der Waals surface area contributed by atoms with E-state index in [-0.39, 0.29) is 11.9 Å². The maximum Gasteiger partial charge on any atom is 0.300 e. The number of rotatable bonds is 3. The van der Waals surface area contributed by atoms with Gasteiger partial charge in [0, 0.05) is 22.8 Å². The molecule has 0 bridgehead atoms. The van der Waals surface area contributed by atoms with Crippen molar-refractivity contribution >= 4 is 43.4 Å². The average molecular weight is 407 g/mol. The van der Waals surface area contributed by atoms with Gasteiger partial charge in [-0.25, -0.2) is 0 Å². The largest absolute Gasteiger partial charge is 0.316 e. The molecule has 0 atom stereocenters. The third-order valence-electron chi connectivity index (χ3n) is 3.80. The van der Waals surface area contributed by atoms with Gasteiger partial charge in [-0.2, -0.15) is 10.1 Å². The lowest BCUT2D eigenvalue weighted by Gasteiger charge is -2.06. The van der Waals surface area contributed by atoms with Crippen LogP contribution < -0.4 is 4.80 Å². The topological polar surface area (TPSA) is 52.2 Å². The highest BCUT2D eigenvalue weighted by Gasteiger charge is 2.15. The molecule has 0 spiro atoms. The van der Waals surface area contributed by atoms with Crippen molar-refractivity contribution in [1.29, 1.82) is 0 Å². The van der Waals surface area contributed by atoms with Crippen molar-refractivity contribution in [3.8, 4) is 0 Å². The molecule has 126 valence electrons. The quantitative estimate of drug-likeness (QED) is 0.650. The van der Waals surface area contributed by atoms with Crippen LogP contribution in [0.15, 0.2) is 33.7 Å². The fourth-order valence-corrected chi connectivity index (χ4v) is 4.56. The summed E-state index contributed by atoms with van der Waals surface area (Å²) in [5.74, 6) is -0.303. The van der Waals surface area contributed by atoms with Crippen molar-refractivity contribution in [3.05, 3.63) is 44.9 Å². The molecular formula is C17H19BrN4OS. The molecule has 2 aromatic heterocycles. The molecule has 2 heterocycles. The van der Waals surface area contributed by atoms with E-state index in [9.17, 15) is 4.79 Å². The number of hydrogen-bond acceptors (Lipinski definition) is 3. The van der Waals surface area contributed by atoms with Crippen LogP contribution in [0.2, 0.25) is 0 Å². The van der Waals surface area contributed by atoms with Gasteiger partial charge in [0.1, 0.15) is 0 Å². The van der Waals surface area contributed by atoms with E-state index < -0.39 is 0 Å². The summed E-state index contributed by atoms with van der Waals surface area (Å²) in [6, 6.07) is 8.04. The molecule has 5 nitrogen and oxygen atoms in total. The third kappa shape index (κ3) is 2.98. The first-order chi connectivity index (χ1) is 11.4. The van der Waals surface area contributed by atoms with Gasteiger partial charge in [0.05, 0.1) is 10.2 Å². The maximum absolute atomic E-state index is 12.6. The van der Waals surface area contributed by atoms with E-state index in [4.69, 9.17) is 0 Å². The van der Waals surface area contributed by atoms with Crippen molar-refractivity contribution < 1.29 is 4.79 Å². The second kappa shape index (κ2) is 6.64. The molecule has 0 saturated carbocycles. The van der Waals surface area contributed by atoms with Crippen molar-refractivity contribution in [3.63, 3.8) is 0 Å². The molecule has 0 aliphatic carbocycles. The molecule has 0 radical (unpaired) electrons. The van der Waals surface area contributed by atoms with Crippen LogP contribution in [0.3, 0.4) is 0 Å². The van der Waals surface area contributed by atoms with Gasteiger partial charge < -0.3 is 4.57 Å². The number of aryl methyl sites for hydroxylation is 2. The molecule has 0 N–H and O–H groups in total. The van der Waals surface area contributed by atoms with Gasteiger partial charge in [-0.1, -0.05) is 17.4 Å². The molecule has 0 fully saturated rings. The van der Waals surface area contributed by atoms with E-state index in [0.29, 0.717) is 10.5 Å². The highest BCUT2D eigenvalue weighted by Crippen LogP contribution is 2.25. The Morgan fingerprint density at radius 2 is 2.17 bits per heavy atom. The molecule has 7 heteroatoms. The summed E-state index contributed by atoms with van der Waals surface area (Å²) in [6.45, 7) is 8.83. The zero-order valence-electron chi connectivity index (χ0n) is 14.1. The fourth-order valence-electron chi connectivity index (χ4n) is 2.72. The lowest BCUT2D eigenvalue weighted by Crippen LogP contribution is -2.16. The molecule has 24 heavy (non-hydrogen) atoms. The number of halogens is 1. The Kier molecular flexibility index (Phi) is 4.73. The van der Waals surface area contributed by atoms with Crippen molar-refractivity contribution in [2.24, 2.45) is 4.99 Å². The number of thiazole rings is 1. The lowest BCUT2D eigenvalue weighted by atomic mass is 10.3. The van der Waals surface area contributed by atoms with E-state index in [1.54, 1.807) is 6.07 Å². The number of para-hydroxylation sites is 1. The minimum Gasteiger partial charge on any atom is -0.316 e. The summed E-state index contributed by atoms with van der Waals surface area (Å²) in [6.07, 6.45) is 0. The Morgan fingerprint density at radius 1 is 1.42 bits per heavy atom. The van der Waals surface area contributed by atoms with Crippen molar-refractivity contribution in [2.75, 3.05) is 0 Å². The Hall–Kier alpha value is -1.73. The summed E-state index contributed by atoms with van der Waals surface area (Å²) in [4.78, 5) is 17.6. The number of amides is 1. The maximum atomic E-state index is 12.6. The summed E-state index contributed by atoms with van der Waals surface area (Å²) in [7, 11) is 0.